The Morgan fingerprint density at radius 2 is 1.94 bits per heavy atom. The van der Waals surface area contributed by atoms with Gasteiger partial charge in [0.15, 0.2) is 0 Å². The molecule has 2 fully saturated rings. The lowest BCUT2D eigenvalue weighted by Crippen LogP contribution is -2.35. The van der Waals surface area contributed by atoms with Gasteiger partial charge in [0.25, 0.3) is 5.91 Å². The topological polar surface area (TPSA) is 90.1 Å². The Labute approximate surface area is 185 Å². The fourth-order valence-corrected chi connectivity index (χ4v) is 6.43. The third kappa shape index (κ3) is 4.05. The van der Waals surface area contributed by atoms with Gasteiger partial charge in [-0.1, -0.05) is 0 Å². The van der Waals surface area contributed by atoms with E-state index in [0.717, 1.165) is 31.1 Å². The summed E-state index contributed by atoms with van der Waals surface area (Å²) in [5.74, 6) is -1.04. The van der Waals surface area contributed by atoms with Gasteiger partial charge in [0.2, 0.25) is 0 Å². The van der Waals surface area contributed by atoms with Crippen molar-refractivity contribution >= 4 is 27.7 Å². The molecular formula is C22H24F2N4O3S. The Morgan fingerprint density at radius 1 is 1.16 bits per heavy atom. The predicted octanol–water partition coefficient (Wildman–Crippen LogP) is 4.21. The van der Waals surface area contributed by atoms with Crippen molar-refractivity contribution in [3.05, 3.63) is 65.5 Å². The van der Waals surface area contributed by atoms with E-state index in [2.05, 4.69) is 15.3 Å². The van der Waals surface area contributed by atoms with Crippen LogP contribution >= 0.6 is 10.6 Å². The minimum atomic E-state index is -2.60. The average Bonchev–Trinajstić information content (AvgIpc) is 3.44. The molecule has 0 aliphatic carbocycles. The predicted molar refractivity (Wildman–Crippen MR) is 119 cm³/mol. The quantitative estimate of drug-likeness (QED) is 0.541. The number of carbonyl (C=O) groups is 1. The summed E-state index contributed by atoms with van der Waals surface area (Å²) < 4.78 is 48.8. The largest absolute Gasteiger partial charge is 0.364 e. The minimum absolute atomic E-state index is 0.161. The maximum absolute atomic E-state index is 13.8. The van der Waals surface area contributed by atoms with E-state index in [0.29, 0.717) is 28.8 Å². The van der Waals surface area contributed by atoms with Crippen LogP contribution in [0.1, 0.15) is 41.2 Å². The number of nitrogens with one attached hydrogen (secondary N) is 1. The highest BCUT2D eigenvalue weighted by atomic mass is 32.3. The summed E-state index contributed by atoms with van der Waals surface area (Å²) in [7, 11) is -2.60. The van der Waals surface area contributed by atoms with Gasteiger partial charge in [-0.3, -0.25) is 13.9 Å². The first-order valence-corrected chi connectivity index (χ1v) is 12.4. The molecule has 1 amide bonds. The third-order valence-electron chi connectivity index (χ3n) is 6.20. The summed E-state index contributed by atoms with van der Waals surface area (Å²) in [4.78, 5) is 15.0. The van der Waals surface area contributed by atoms with Gasteiger partial charge < -0.3 is 10.2 Å². The van der Waals surface area contributed by atoms with E-state index in [4.69, 9.17) is 0 Å². The van der Waals surface area contributed by atoms with Crippen LogP contribution in [0.2, 0.25) is 0 Å². The van der Waals surface area contributed by atoms with E-state index in [1.165, 1.54) is 18.3 Å². The second-order valence-electron chi connectivity index (χ2n) is 8.46. The van der Waals surface area contributed by atoms with E-state index in [-0.39, 0.29) is 23.7 Å². The van der Waals surface area contributed by atoms with Crippen LogP contribution in [-0.2, 0) is 0 Å². The normalized spacial score (nSPS) is 23.6. The summed E-state index contributed by atoms with van der Waals surface area (Å²) in [5.41, 5.74) is 2.43. The molecule has 2 aliphatic heterocycles. The standard InChI is InChI=1S/C22H24F2N4O3S/c23-15-8-14(9-16(24)10-15)20-2-1-5-27(20)18-3-6-28-21(11-18)19(12-25-28)22(29)26-17-4-7-32(30,31)13-17/h3,6,8-12,17,20,30-31H,1-2,4-5,7,13H2,(H,26,29)/t17?,20-/m1/s1. The van der Waals surface area contributed by atoms with Crippen molar-refractivity contribution in [2.24, 2.45) is 0 Å². The smallest absolute Gasteiger partial charge is 0.255 e. The summed E-state index contributed by atoms with van der Waals surface area (Å²) >= 11 is 0. The third-order valence-corrected chi connectivity index (χ3v) is 8.03. The number of hydrogen-bond acceptors (Lipinski definition) is 5. The number of pyridine rings is 1. The average molecular weight is 463 g/mol. The van der Waals surface area contributed by atoms with Crippen molar-refractivity contribution in [2.75, 3.05) is 23.0 Å². The lowest BCUT2D eigenvalue weighted by molar-refractivity contribution is 0.0942. The molecule has 7 nitrogen and oxygen atoms in total. The Kier molecular flexibility index (Phi) is 5.31. The van der Waals surface area contributed by atoms with Gasteiger partial charge in [0.05, 0.1) is 29.1 Å². The first-order valence-electron chi connectivity index (χ1n) is 10.5. The van der Waals surface area contributed by atoms with Crippen LogP contribution in [-0.4, -0.2) is 48.7 Å². The molecule has 2 atom stereocenters. The summed E-state index contributed by atoms with van der Waals surface area (Å²) in [6.07, 6.45) is 5.43. The molecule has 5 rings (SSSR count). The fourth-order valence-electron chi connectivity index (χ4n) is 4.71. The second kappa shape index (κ2) is 8.02. The summed E-state index contributed by atoms with van der Waals surface area (Å²) in [6.45, 7) is 0.731. The van der Waals surface area contributed by atoms with Gasteiger partial charge in [0.1, 0.15) is 11.6 Å². The van der Waals surface area contributed by atoms with Gasteiger partial charge in [0, 0.05) is 36.3 Å². The van der Waals surface area contributed by atoms with Crippen molar-refractivity contribution in [3.63, 3.8) is 0 Å². The van der Waals surface area contributed by atoms with Crippen molar-refractivity contribution < 1.29 is 22.7 Å². The molecule has 32 heavy (non-hydrogen) atoms. The zero-order chi connectivity index (χ0) is 22.5. The second-order valence-corrected chi connectivity index (χ2v) is 10.8. The number of amides is 1. The van der Waals surface area contributed by atoms with Crippen LogP contribution in [0.5, 0.6) is 0 Å². The maximum atomic E-state index is 13.8. The Balaban J connectivity index is 1.42. The highest BCUT2D eigenvalue weighted by Crippen LogP contribution is 2.45. The Hall–Kier alpha value is -2.69. The monoisotopic (exact) mass is 462 g/mol. The van der Waals surface area contributed by atoms with Crippen LogP contribution < -0.4 is 10.2 Å². The van der Waals surface area contributed by atoms with Gasteiger partial charge in [-0.15, -0.1) is 0 Å². The summed E-state index contributed by atoms with van der Waals surface area (Å²) in [6, 6.07) is 6.90. The van der Waals surface area contributed by atoms with Gasteiger partial charge in [-0.2, -0.15) is 15.7 Å². The molecule has 1 aromatic carbocycles. The van der Waals surface area contributed by atoms with Crippen LogP contribution in [0.15, 0.2) is 42.7 Å². The fraction of sp³-hybridized carbons (Fsp3) is 0.364. The maximum Gasteiger partial charge on any atom is 0.255 e. The van der Waals surface area contributed by atoms with Crippen molar-refractivity contribution in [1.29, 1.82) is 0 Å². The zero-order valence-corrected chi connectivity index (χ0v) is 18.1. The van der Waals surface area contributed by atoms with E-state index < -0.39 is 22.2 Å². The van der Waals surface area contributed by atoms with E-state index >= 15 is 0 Å². The van der Waals surface area contributed by atoms with Gasteiger partial charge in [-0.25, -0.2) is 13.3 Å². The molecule has 1 unspecified atom stereocenters. The Bertz CT molecular complexity index is 1160. The molecule has 0 bridgehead atoms. The molecule has 0 spiro atoms. The van der Waals surface area contributed by atoms with E-state index in [9.17, 15) is 22.7 Å². The molecule has 2 saturated heterocycles. The lowest BCUT2D eigenvalue weighted by atomic mass is 10.0. The zero-order valence-electron chi connectivity index (χ0n) is 17.2. The number of hydrogen-bond donors (Lipinski definition) is 3. The highest BCUT2D eigenvalue weighted by molar-refractivity contribution is 8.24. The van der Waals surface area contributed by atoms with Crippen LogP contribution in [0, 0.1) is 11.6 Å². The van der Waals surface area contributed by atoms with Gasteiger partial charge in [-0.05, 0) is 49.1 Å². The number of rotatable bonds is 4. The molecule has 3 N–H and O–H groups in total. The number of aromatic nitrogens is 2. The number of halogens is 2. The molecule has 10 heteroatoms. The molecule has 0 radical (unpaired) electrons. The number of fused-ring (bicyclic) bond motifs is 1. The summed E-state index contributed by atoms with van der Waals surface area (Å²) in [5, 5.41) is 7.13. The SMILES string of the molecule is O=C(NC1CCS(O)(O)C1)c1cnn2ccc(N3CCC[C@@H]3c3cc(F)cc(F)c3)cc12. The van der Waals surface area contributed by atoms with Crippen LogP contribution in [0.25, 0.3) is 5.52 Å². The van der Waals surface area contributed by atoms with E-state index in [1.807, 2.05) is 12.1 Å². The molecule has 3 aromatic rings. The highest BCUT2D eigenvalue weighted by Gasteiger charge is 2.31. The Morgan fingerprint density at radius 3 is 2.66 bits per heavy atom. The van der Waals surface area contributed by atoms with Gasteiger partial charge >= 0.3 is 0 Å². The first kappa shape index (κ1) is 21.2. The molecule has 2 aromatic heterocycles. The minimum Gasteiger partial charge on any atom is -0.364 e. The molecule has 170 valence electrons. The van der Waals surface area contributed by atoms with Crippen molar-refractivity contribution in [3.8, 4) is 0 Å². The number of carbonyl (C=O) groups excluding carboxylic acids is 1. The number of nitrogens with zero attached hydrogens (tertiary/aromatic N) is 3. The molecule has 0 saturated carbocycles. The molecule has 2 aliphatic rings. The van der Waals surface area contributed by atoms with Crippen molar-refractivity contribution in [1.82, 2.24) is 14.9 Å². The van der Waals surface area contributed by atoms with Crippen LogP contribution in [0.4, 0.5) is 14.5 Å². The molecular weight excluding hydrogens is 438 g/mol. The lowest BCUT2D eigenvalue weighted by Gasteiger charge is -2.27. The first-order chi connectivity index (χ1) is 15.3. The number of anilines is 1. The van der Waals surface area contributed by atoms with Crippen LogP contribution in [0.3, 0.4) is 0 Å². The van der Waals surface area contributed by atoms with E-state index in [1.54, 1.807) is 10.7 Å². The molecule has 4 heterocycles. The van der Waals surface area contributed by atoms with Crippen molar-refractivity contribution in [2.45, 2.75) is 31.3 Å². The number of benzene rings is 1.